The van der Waals surface area contributed by atoms with E-state index in [0.29, 0.717) is 17.5 Å². The molecular formula is C22H30N4O. The Kier molecular flexibility index (Phi) is 5.58. The lowest BCUT2D eigenvalue weighted by Crippen LogP contribution is -2.51. The van der Waals surface area contributed by atoms with Crippen LogP contribution in [0, 0.1) is 5.92 Å². The highest BCUT2D eigenvalue weighted by molar-refractivity contribution is 5.95. The molecule has 0 bridgehead atoms. The van der Waals surface area contributed by atoms with Crippen LogP contribution in [0.2, 0.25) is 0 Å². The molecule has 0 aliphatic carbocycles. The van der Waals surface area contributed by atoms with E-state index in [2.05, 4.69) is 27.4 Å². The van der Waals surface area contributed by atoms with E-state index in [0.717, 1.165) is 18.7 Å². The Morgan fingerprint density at radius 3 is 2.81 bits per heavy atom. The lowest BCUT2D eigenvalue weighted by molar-refractivity contribution is 0.0575. The standard InChI is InChI=1S/C22H30N4O/c1-25-21(14-17-8-3-2-4-9-17)19(16-24-25)22(27)23-15-18-10-7-13-26-12-6-5-11-20(18)26/h2-4,8-9,16,18,20H,5-7,10-15H2,1H3,(H,23,27)/t18-,20+/m0/s1. The molecule has 4 rings (SSSR count). The number of hydrogen-bond donors (Lipinski definition) is 1. The number of rotatable bonds is 5. The Hall–Kier alpha value is -2.14. The fourth-order valence-electron chi connectivity index (χ4n) is 4.79. The summed E-state index contributed by atoms with van der Waals surface area (Å²) >= 11 is 0. The highest BCUT2D eigenvalue weighted by Gasteiger charge is 2.33. The van der Waals surface area contributed by atoms with Crippen molar-refractivity contribution in [3.8, 4) is 0 Å². The highest BCUT2D eigenvalue weighted by Crippen LogP contribution is 2.30. The van der Waals surface area contributed by atoms with E-state index < -0.39 is 0 Å². The number of aryl methyl sites for hydroxylation is 1. The number of hydrogen-bond acceptors (Lipinski definition) is 3. The van der Waals surface area contributed by atoms with Crippen molar-refractivity contribution in [2.24, 2.45) is 13.0 Å². The molecule has 0 spiro atoms. The summed E-state index contributed by atoms with van der Waals surface area (Å²) in [5.41, 5.74) is 2.87. The second kappa shape index (κ2) is 8.26. The maximum atomic E-state index is 12.9. The van der Waals surface area contributed by atoms with Crippen molar-refractivity contribution in [3.63, 3.8) is 0 Å². The summed E-state index contributed by atoms with van der Waals surface area (Å²) in [6, 6.07) is 10.9. The van der Waals surface area contributed by atoms with Gasteiger partial charge in [-0.05, 0) is 50.3 Å². The molecular weight excluding hydrogens is 336 g/mol. The minimum Gasteiger partial charge on any atom is -0.352 e. The van der Waals surface area contributed by atoms with Gasteiger partial charge in [-0.2, -0.15) is 5.10 Å². The molecule has 0 saturated carbocycles. The monoisotopic (exact) mass is 366 g/mol. The van der Waals surface area contributed by atoms with E-state index >= 15 is 0 Å². The summed E-state index contributed by atoms with van der Waals surface area (Å²) < 4.78 is 1.82. The van der Waals surface area contributed by atoms with Gasteiger partial charge in [0.15, 0.2) is 0 Å². The molecule has 2 aliphatic heterocycles. The van der Waals surface area contributed by atoms with Gasteiger partial charge in [0.1, 0.15) is 0 Å². The van der Waals surface area contributed by atoms with Crippen molar-refractivity contribution in [2.45, 2.75) is 44.6 Å². The SMILES string of the molecule is Cn1ncc(C(=O)NC[C@@H]2CCCN3CCCC[C@H]23)c1Cc1ccccc1. The quantitative estimate of drug-likeness (QED) is 0.885. The second-order valence-electron chi connectivity index (χ2n) is 8.00. The van der Waals surface area contributed by atoms with Crippen molar-refractivity contribution >= 4 is 5.91 Å². The normalized spacial score (nSPS) is 23.0. The molecule has 1 N–H and O–H groups in total. The van der Waals surface area contributed by atoms with Gasteiger partial charge >= 0.3 is 0 Å². The number of amides is 1. The molecule has 0 unspecified atom stereocenters. The molecule has 2 aliphatic rings. The van der Waals surface area contributed by atoms with E-state index in [9.17, 15) is 4.79 Å². The maximum absolute atomic E-state index is 12.9. The minimum atomic E-state index is 0.0157. The average Bonchev–Trinajstić information content (AvgIpc) is 3.07. The van der Waals surface area contributed by atoms with Gasteiger partial charge in [0, 0.05) is 26.1 Å². The first-order valence-electron chi connectivity index (χ1n) is 10.3. The largest absolute Gasteiger partial charge is 0.352 e. The van der Waals surface area contributed by atoms with Gasteiger partial charge in [-0.3, -0.25) is 9.48 Å². The second-order valence-corrected chi connectivity index (χ2v) is 8.00. The van der Waals surface area contributed by atoms with Crippen LogP contribution in [0.4, 0.5) is 0 Å². The number of carbonyl (C=O) groups is 1. The van der Waals surface area contributed by atoms with Crippen molar-refractivity contribution in [1.29, 1.82) is 0 Å². The molecule has 5 heteroatoms. The van der Waals surface area contributed by atoms with E-state index in [1.54, 1.807) is 6.20 Å². The molecule has 1 amide bonds. The molecule has 1 aromatic carbocycles. The third kappa shape index (κ3) is 4.08. The molecule has 2 fully saturated rings. The smallest absolute Gasteiger partial charge is 0.254 e. The first kappa shape index (κ1) is 18.2. The molecule has 144 valence electrons. The minimum absolute atomic E-state index is 0.0157. The van der Waals surface area contributed by atoms with Crippen LogP contribution in [-0.4, -0.2) is 46.3 Å². The van der Waals surface area contributed by atoms with Crippen molar-refractivity contribution in [3.05, 3.63) is 53.3 Å². The van der Waals surface area contributed by atoms with Gasteiger partial charge in [-0.15, -0.1) is 0 Å². The fourth-order valence-corrected chi connectivity index (χ4v) is 4.79. The maximum Gasteiger partial charge on any atom is 0.254 e. The van der Waals surface area contributed by atoms with Gasteiger partial charge in [-0.1, -0.05) is 36.8 Å². The van der Waals surface area contributed by atoms with Gasteiger partial charge in [-0.25, -0.2) is 0 Å². The van der Waals surface area contributed by atoms with Crippen molar-refractivity contribution in [1.82, 2.24) is 20.0 Å². The predicted octanol–water partition coefficient (Wildman–Crippen LogP) is 3.01. The summed E-state index contributed by atoms with van der Waals surface area (Å²) in [6.07, 6.45) is 8.85. The van der Waals surface area contributed by atoms with Crippen LogP contribution in [0.25, 0.3) is 0 Å². The van der Waals surface area contributed by atoms with Crippen LogP contribution in [0.15, 0.2) is 36.5 Å². The average molecular weight is 367 g/mol. The molecule has 2 aromatic rings. The summed E-state index contributed by atoms with van der Waals surface area (Å²) in [7, 11) is 1.91. The van der Waals surface area contributed by atoms with Crippen LogP contribution in [0.3, 0.4) is 0 Å². The fraction of sp³-hybridized carbons (Fsp3) is 0.545. The van der Waals surface area contributed by atoms with Crippen LogP contribution >= 0.6 is 0 Å². The molecule has 5 nitrogen and oxygen atoms in total. The number of aromatic nitrogens is 2. The topological polar surface area (TPSA) is 50.2 Å². The van der Waals surface area contributed by atoms with Gasteiger partial charge in [0.25, 0.3) is 5.91 Å². The summed E-state index contributed by atoms with van der Waals surface area (Å²) in [5, 5.41) is 7.56. The predicted molar refractivity (Wildman–Crippen MR) is 107 cm³/mol. The highest BCUT2D eigenvalue weighted by atomic mass is 16.1. The number of carbonyl (C=O) groups excluding carboxylic acids is 1. The van der Waals surface area contributed by atoms with Crippen LogP contribution in [0.1, 0.15) is 53.7 Å². The summed E-state index contributed by atoms with van der Waals surface area (Å²) in [5.74, 6) is 0.596. The summed E-state index contributed by atoms with van der Waals surface area (Å²) in [4.78, 5) is 15.5. The van der Waals surface area contributed by atoms with Crippen LogP contribution < -0.4 is 5.32 Å². The first-order valence-corrected chi connectivity index (χ1v) is 10.3. The van der Waals surface area contributed by atoms with Crippen LogP contribution in [-0.2, 0) is 13.5 Å². The third-order valence-electron chi connectivity index (χ3n) is 6.27. The Labute approximate surface area is 161 Å². The van der Waals surface area contributed by atoms with E-state index in [1.165, 1.54) is 50.8 Å². The number of piperidine rings is 2. The van der Waals surface area contributed by atoms with E-state index in [1.807, 2.05) is 29.9 Å². The Bertz CT molecular complexity index is 768. The Morgan fingerprint density at radius 2 is 1.96 bits per heavy atom. The zero-order chi connectivity index (χ0) is 18.6. The van der Waals surface area contributed by atoms with Gasteiger partial charge in [0.2, 0.25) is 0 Å². The zero-order valence-electron chi connectivity index (χ0n) is 16.2. The Balaban J connectivity index is 1.41. The molecule has 2 saturated heterocycles. The Morgan fingerprint density at radius 1 is 1.15 bits per heavy atom. The number of nitrogens with zero attached hydrogens (tertiary/aromatic N) is 3. The van der Waals surface area contributed by atoms with Crippen molar-refractivity contribution < 1.29 is 4.79 Å². The van der Waals surface area contributed by atoms with Gasteiger partial charge in [0.05, 0.1) is 17.5 Å². The lowest BCUT2D eigenvalue weighted by Gasteiger charge is -2.44. The summed E-state index contributed by atoms with van der Waals surface area (Å²) in [6.45, 7) is 3.25. The molecule has 3 heterocycles. The zero-order valence-corrected chi connectivity index (χ0v) is 16.2. The van der Waals surface area contributed by atoms with Crippen LogP contribution in [0.5, 0.6) is 0 Å². The molecule has 27 heavy (non-hydrogen) atoms. The lowest BCUT2D eigenvalue weighted by atomic mass is 9.83. The third-order valence-corrected chi connectivity index (χ3v) is 6.27. The first-order chi connectivity index (χ1) is 13.2. The molecule has 2 atom stereocenters. The van der Waals surface area contributed by atoms with Gasteiger partial charge < -0.3 is 10.2 Å². The van der Waals surface area contributed by atoms with E-state index in [-0.39, 0.29) is 5.91 Å². The number of benzene rings is 1. The van der Waals surface area contributed by atoms with E-state index in [4.69, 9.17) is 0 Å². The van der Waals surface area contributed by atoms with Crippen molar-refractivity contribution in [2.75, 3.05) is 19.6 Å². The molecule has 0 radical (unpaired) electrons. The number of nitrogens with one attached hydrogen (secondary N) is 1. The molecule has 1 aromatic heterocycles. The number of fused-ring (bicyclic) bond motifs is 1.